The summed E-state index contributed by atoms with van der Waals surface area (Å²) in [5, 5.41) is 8.74. The summed E-state index contributed by atoms with van der Waals surface area (Å²) in [5.74, 6) is 0.00752. The number of aryl methyl sites for hydroxylation is 1. The molecule has 0 spiro atoms. The highest BCUT2D eigenvalue weighted by Gasteiger charge is 2.11. The molecule has 0 aromatic heterocycles. The summed E-state index contributed by atoms with van der Waals surface area (Å²) in [7, 11) is 0. The van der Waals surface area contributed by atoms with Crippen molar-refractivity contribution in [2.24, 2.45) is 0 Å². The third-order valence-corrected chi connectivity index (χ3v) is 2.94. The molecule has 0 heterocycles. The number of benzene rings is 1. The van der Waals surface area contributed by atoms with Crippen LogP contribution in [0.4, 0.5) is 4.39 Å². The van der Waals surface area contributed by atoms with Crippen LogP contribution in [0.5, 0.6) is 0 Å². The van der Waals surface area contributed by atoms with E-state index >= 15 is 0 Å². The maximum Gasteiger partial charge on any atom is 0.140 e. The summed E-state index contributed by atoms with van der Waals surface area (Å²) in [4.78, 5) is 0. The number of hydrogen-bond acceptors (Lipinski definition) is 1. The van der Waals surface area contributed by atoms with Crippen LogP contribution >= 0.6 is 15.9 Å². The Morgan fingerprint density at radius 3 is 2.60 bits per heavy atom. The van der Waals surface area contributed by atoms with Gasteiger partial charge < -0.3 is 5.11 Å². The van der Waals surface area contributed by atoms with Crippen LogP contribution in [0.25, 0.3) is 0 Å². The topological polar surface area (TPSA) is 20.2 Å². The van der Waals surface area contributed by atoms with Gasteiger partial charge in [-0.1, -0.05) is 19.9 Å². The summed E-state index contributed by atoms with van der Waals surface area (Å²) >= 11 is 3.22. The van der Waals surface area contributed by atoms with Gasteiger partial charge >= 0.3 is 0 Å². The molecule has 0 bridgehead atoms. The minimum Gasteiger partial charge on any atom is -0.396 e. The third-order valence-electron chi connectivity index (χ3n) is 2.36. The molecule has 1 rings (SSSR count). The number of aliphatic hydroxyl groups excluding tert-OH is 1. The van der Waals surface area contributed by atoms with Gasteiger partial charge in [0.25, 0.3) is 0 Å². The molecule has 0 fully saturated rings. The first-order chi connectivity index (χ1) is 7.06. The quantitative estimate of drug-likeness (QED) is 0.889. The number of aliphatic hydroxyl groups is 1. The van der Waals surface area contributed by atoms with Crippen molar-refractivity contribution >= 4 is 15.9 Å². The molecular weight excluding hydrogens is 259 g/mol. The molecule has 0 saturated heterocycles. The van der Waals surface area contributed by atoms with Crippen molar-refractivity contribution in [2.45, 2.75) is 32.6 Å². The summed E-state index contributed by atoms with van der Waals surface area (Å²) in [6, 6.07) is 3.68. The SMILES string of the molecule is CC(C)c1cc(CCCO)cc(Br)c1F. The standard InChI is InChI=1S/C12H16BrFO/c1-8(2)10-6-9(4-3-5-15)7-11(13)12(10)14/h6-8,15H,3-5H2,1-2H3. The zero-order valence-corrected chi connectivity index (χ0v) is 10.6. The van der Waals surface area contributed by atoms with Crippen molar-refractivity contribution in [3.8, 4) is 0 Å². The highest BCUT2D eigenvalue weighted by atomic mass is 79.9. The molecule has 0 atom stereocenters. The van der Waals surface area contributed by atoms with E-state index in [-0.39, 0.29) is 18.3 Å². The van der Waals surface area contributed by atoms with Crippen molar-refractivity contribution in [1.29, 1.82) is 0 Å². The molecular formula is C12H16BrFO. The summed E-state index contributed by atoms with van der Waals surface area (Å²) in [6.45, 7) is 4.12. The third kappa shape index (κ3) is 3.28. The Hall–Kier alpha value is -0.410. The fourth-order valence-corrected chi connectivity index (χ4v) is 2.04. The largest absolute Gasteiger partial charge is 0.396 e. The molecule has 0 aliphatic rings. The molecule has 15 heavy (non-hydrogen) atoms. The average Bonchev–Trinajstić information content (AvgIpc) is 2.19. The average molecular weight is 275 g/mol. The predicted octanol–water partition coefficient (Wildman–Crippen LogP) is 3.64. The smallest absolute Gasteiger partial charge is 0.140 e. The van der Waals surface area contributed by atoms with Gasteiger partial charge in [-0.15, -0.1) is 0 Å². The van der Waals surface area contributed by atoms with Crippen LogP contribution < -0.4 is 0 Å². The first-order valence-electron chi connectivity index (χ1n) is 5.15. The fourth-order valence-electron chi connectivity index (χ4n) is 1.52. The second kappa shape index (κ2) is 5.61. The van der Waals surface area contributed by atoms with E-state index in [1.54, 1.807) is 6.07 Å². The predicted molar refractivity (Wildman–Crippen MR) is 63.6 cm³/mol. The fraction of sp³-hybridized carbons (Fsp3) is 0.500. The van der Waals surface area contributed by atoms with Crippen molar-refractivity contribution in [2.75, 3.05) is 6.61 Å². The van der Waals surface area contributed by atoms with Gasteiger partial charge in [0.05, 0.1) is 4.47 Å². The Balaban J connectivity index is 3.00. The maximum atomic E-state index is 13.7. The van der Waals surface area contributed by atoms with E-state index in [4.69, 9.17) is 5.11 Å². The molecule has 1 nitrogen and oxygen atoms in total. The molecule has 0 saturated carbocycles. The molecule has 0 amide bonds. The second-order valence-corrected chi connectivity index (χ2v) is 4.82. The summed E-state index contributed by atoms with van der Waals surface area (Å²) in [6.07, 6.45) is 1.50. The molecule has 0 aliphatic heterocycles. The minimum atomic E-state index is -0.169. The lowest BCUT2D eigenvalue weighted by Crippen LogP contribution is -1.98. The van der Waals surface area contributed by atoms with Gasteiger partial charge in [0.15, 0.2) is 0 Å². The van der Waals surface area contributed by atoms with Gasteiger partial charge in [-0.3, -0.25) is 0 Å². The first-order valence-corrected chi connectivity index (χ1v) is 5.94. The Labute approximate surface area is 98.4 Å². The lowest BCUT2D eigenvalue weighted by Gasteiger charge is -2.11. The Bertz CT molecular complexity index is 337. The van der Waals surface area contributed by atoms with Gasteiger partial charge in [0, 0.05) is 6.61 Å². The Kier molecular flexibility index (Phi) is 4.74. The van der Waals surface area contributed by atoms with Gasteiger partial charge in [-0.05, 0) is 51.9 Å². The zero-order chi connectivity index (χ0) is 11.4. The normalized spacial score (nSPS) is 11.1. The number of halogens is 2. The van der Waals surface area contributed by atoms with E-state index in [0.29, 0.717) is 4.47 Å². The molecule has 1 aromatic carbocycles. The number of rotatable bonds is 4. The first kappa shape index (κ1) is 12.7. The van der Waals surface area contributed by atoms with Crippen molar-refractivity contribution < 1.29 is 9.50 Å². The van der Waals surface area contributed by atoms with Gasteiger partial charge in [-0.2, -0.15) is 0 Å². The molecule has 3 heteroatoms. The van der Waals surface area contributed by atoms with Crippen LogP contribution in [0.1, 0.15) is 37.3 Å². The van der Waals surface area contributed by atoms with Crippen LogP contribution in [-0.4, -0.2) is 11.7 Å². The van der Waals surface area contributed by atoms with Crippen LogP contribution in [0, 0.1) is 5.82 Å². The summed E-state index contributed by atoms with van der Waals surface area (Å²) in [5.41, 5.74) is 1.80. The minimum absolute atomic E-state index is 0.169. The van der Waals surface area contributed by atoms with E-state index in [1.807, 2.05) is 19.9 Å². The van der Waals surface area contributed by atoms with Crippen molar-refractivity contribution in [3.63, 3.8) is 0 Å². The van der Waals surface area contributed by atoms with Crippen LogP contribution in [0.15, 0.2) is 16.6 Å². The molecule has 0 unspecified atom stereocenters. The molecule has 0 radical (unpaired) electrons. The van der Waals surface area contributed by atoms with Crippen LogP contribution in [0.3, 0.4) is 0 Å². The van der Waals surface area contributed by atoms with Crippen molar-refractivity contribution in [3.05, 3.63) is 33.5 Å². The second-order valence-electron chi connectivity index (χ2n) is 3.96. The van der Waals surface area contributed by atoms with Gasteiger partial charge in [0.2, 0.25) is 0 Å². The summed E-state index contributed by atoms with van der Waals surface area (Å²) < 4.78 is 14.2. The van der Waals surface area contributed by atoms with E-state index in [9.17, 15) is 4.39 Å². The van der Waals surface area contributed by atoms with Gasteiger partial charge in [0.1, 0.15) is 5.82 Å². The van der Waals surface area contributed by atoms with Crippen LogP contribution in [0.2, 0.25) is 0 Å². The molecule has 1 aromatic rings. The van der Waals surface area contributed by atoms with Gasteiger partial charge in [-0.25, -0.2) is 4.39 Å². The van der Waals surface area contributed by atoms with E-state index in [2.05, 4.69) is 15.9 Å². The highest BCUT2D eigenvalue weighted by Crippen LogP contribution is 2.27. The molecule has 84 valence electrons. The van der Waals surface area contributed by atoms with E-state index in [1.165, 1.54) is 0 Å². The van der Waals surface area contributed by atoms with Crippen LogP contribution in [-0.2, 0) is 6.42 Å². The maximum absolute atomic E-state index is 13.7. The number of hydrogen-bond donors (Lipinski definition) is 1. The van der Waals surface area contributed by atoms with E-state index < -0.39 is 0 Å². The van der Waals surface area contributed by atoms with Crippen molar-refractivity contribution in [1.82, 2.24) is 0 Å². The molecule has 0 aliphatic carbocycles. The Morgan fingerprint density at radius 1 is 1.40 bits per heavy atom. The lowest BCUT2D eigenvalue weighted by molar-refractivity contribution is 0.288. The monoisotopic (exact) mass is 274 g/mol. The molecule has 1 N–H and O–H groups in total. The van der Waals surface area contributed by atoms with E-state index in [0.717, 1.165) is 24.0 Å². The Morgan fingerprint density at radius 2 is 2.07 bits per heavy atom. The zero-order valence-electron chi connectivity index (χ0n) is 9.06. The highest BCUT2D eigenvalue weighted by molar-refractivity contribution is 9.10. The lowest BCUT2D eigenvalue weighted by atomic mass is 9.98.